The minimum absolute atomic E-state index is 0.0479. The zero-order chi connectivity index (χ0) is 20.7. The van der Waals surface area contributed by atoms with Gasteiger partial charge in [-0.05, 0) is 32.0 Å². The van der Waals surface area contributed by atoms with Gasteiger partial charge in [0.05, 0.1) is 6.61 Å². The number of halogens is 2. The maximum atomic E-state index is 15.3. The number of hydrogen-bond acceptors (Lipinski definition) is 7. The minimum atomic E-state index is -2.07. The number of amidine groups is 1. The van der Waals surface area contributed by atoms with E-state index in [1.807, 2.05) is 0 Å². The van der Waals surface area contributed by atoms with Crippen molar-refractivity contribution in [3.63, 3.8) is 0 Å². The number of anilines is 1. The van der Waals surface area contributed by atoms with E-state index in [1.165, 1.54) is 19.1 Å². The van der Waals surface area contributed by atoms with E-state index in [1.54, 1.807) is 13.8 Å². The zero-order valence-electron chi connectivity index (χ0n) is 15.5. The quantitative estimate of drug-likeness (QED) is 0.714. The predicted molar refractivity (Wildman–Crippen MR) is 103 cm³/mol. The molecule has 1 aromatic carbocycles. The molecule has 2 heterocycles. The summed E-state index contributed by atoms with van der Waals surface area (Å²) in [6, 6.07) is 3.65. The zero-order valence-corrected chi connectivity index (χ0v) is 16.4. The summed E-state index contributed by atoms with van der Waals surface area (Å²) < 4.78 is 35.2. The first-order chi connectivity index (χ1) is 13.1. The van der Waals surface area contributed by atoms with Gasteiger partial charge in [0.25, 0.3) is 5.91 Å². The number of aliphatic hydroxyl groups is 1. The van der Waals surface area contributed by atoms with Gasteiger partial charge in [-0.1, -0.05) is 11.8 Å². The second kappa shape index (κ2) is 7.17. The summed E-state index contributed by atoms with van der Waals surface area (Å²) >= 11 is 0.990. The van der Waals surface area contributed by atoms with Crippen molar-refractivity contribution in [3.8, 4) is 0 Å². The van der Waals surface area contributed by atoms with E-state index in [9.17, 15) is 14.3 Å². The molecule has 2 atom stereocenters. The highest BCUT2D eigenvalue weighted by molar-refractivity contribution is 8.13. The van der Waals surface area contributed by atoms with Crippen molar-refractivity contribution >= 4 is 28.5 Å². The fourth-order valence-corrected chi connectivity index (χ4v) is 4.02. The highest BCUT2D eigenvalue weighted by Gasteiger charge is 2.54. The van der Waals surface area contributed by atoms with Crippen molar-refractivity contribution in [2.24, 2.45) is 10.7 Å². The maximum absolute atomic E-state index is 15.3. The topological polar surface area (TPSA) is 114 Å². The lowest BCUT2D eigenvalue weighted by Crippen LogP contribution is -2.53. The number of aromatic nitrogens is 1. The Morgan fingerprint density at radius 1 is 1.46 bits per heavy atom. The van der Waals surface area contributed by atoms with E-state index < -0.39 is 29.5 Å². The molecule has 1 amide bonds. The van der Waals surface area contributed by atoms with E-state index in [-0.39, 0.29) is 27.9 Å². The van der Waals surface area contributed by atoms with Crippen molar-refractivity contribution in [2.45, 2.75) is 32.0 Å². The van der Waals surface area contributed by atoms with Gasteiger partial charge in [0, 0.05) is 23.9 Å². The molecule has 0 saturated heterocycles. The highest BCUT2D eigenvalue weighted by atomic mass is 32.2. The fraction of sp³-hybridized carbons (Fsp3) is 0.389. The average molecular weight is 410 g/mol. The monoisotopic (exact) mass is 410 g/mol. The first-order valence-electron chi connectivity index (χ1n) is 8.43. The smallest absolute Gasteiger partial charge is 0.277 e. The van der Waals surface area contributed by atoms with Crippen LogP contribution in [0.1, 0.15) is 34.6 Å². The summed E-state index contributed by atoms with van der Waals surface area (Å²) in [5.41, 5.74) is 1.82. The number of aryl methyl sites for hydroxylation is 2. The summed E-state index contributed by atoms with van der Waals surface area (Å²) in [5.74, 6) is -0.763. The van der Waals surface area contributed by atoms with Crippen LogP contribution in [0, 0.1) is 19.7 Å². The van der Waals surface area contributed by atoms with Gasteiger partial charge in [0.1, 0.15) is 22.8 Å². The lowest BCUT2D eigenvalue weighted by molar-refractivity contribution is 0.0434. The molecule has 4 N–H and O–H groups in total. The lowest BCUT2D eigenvalue weighted by atomic mass is 9.78. The fourth-order valence-electron chi connectivity index (χ4n) is 3.14. The molecule has 0 spiro atoms. The molecule has 7 nitrogen and oxygen atoms in total. The Morgan fingerprint density at radius 2 is 2.18 bits per heavy atom. The Balaban J connectivity index is 2.03. The summed E-state index contributed by atoms with van der Waals surface area (Å²) in [4.78, 5) is 20.5. The first kappa shape index (κ1) is 20.3. The van der Waals surface area contributed by atoms with E-state index in [4.69, 9.17) is 10.2 Å². The number of carbonyl (C=O) groups is 1. The second-order valence-corrected chi connectivity index (χ2v) is 7.74. The molecule has 28 heavy (non-hydrogen) atoms. The molecule has 0 fully saturated rings. The van der Waals surface area contributed by atoms with Crippen LogP contribution in [0.2, 0.25) is 0 Å². The molecule has 3 rings (SSSR count). The normalized spacial score (nSPS) is 24.7. The van der Waals surface area contributed by atoms with Gasteiger partial charge in [-0.25, -0.2) is 18.8 Å². The number of nitrogens with one attached hydrogen (secondary N) is 1. The first-order valence-corrected chi connectivity index (χ1v) is 9.41. The van der Waals surface area contributed by atoms with Gasteiger partial charge in [0.15, 0.2) is 16.8 Å². The third kappa shape index (κ3) is 3.37. The molecular weight excluding hydrogens is 390 g/mol. The van der Waals surface area contributed by atoms with Gasteiger partial charge in [0.2, 0.25) is 0 Å². The van der Waals surface area contributed by atoms with Crippen molar-refractivity contribution < 1.29 is 23.1 Å². The van der Waals surface area contributed by atoms with Gasteiger partial charge < -0.3 is 20.6 Å². The van der Waals surface area contributed by atoms with E-state index in [0.717, 1.165) is 17.8 Å². The molecule has 0 radical (unpaired) electrons. The number of aliphatic imine (C=N–C) groups is 1. The van der Waals surface area contributed by atoms with Crippen molar-refractivity contribution in [2.75, 3.05) is 17.7 Å². The summed E-state index contributed by atoms with van der Waals surface area (Å²) in [7, 11) is 0. The molecule has 150 valence electrons. The van der Waals surface area contributed by atoms with Gasteiger partial charge >= 0.3 is 0 Å². The number of thioether (sulfide) groups is 1. The number of carbonyl (C=O) groups excluding carboxylic acids is 1. The molecule has 1 aliphatic rings. The lowest BCUT2D eigenvalue weighted by Gasteiger charge is -2.42. The van der Waals surface area contributed by atoms with Crippen molar-refractivity contribution in [3.05, 3.63) is 46.9 Å². The number of benzene rings is 1. The van der Waals surface area contributed by atoms with Crippen LogP contribution in [-0.2, 0) is 5.54 Å². The van der Waals surface area contributed by atoms with E-state index in [0.29, 0.717) is 11.7 Å². The second-order valence-electron chi connectivity index (χ2n) is 6.74. The molecule has 10 heteroatoms. The number of aliphatic hydroxyl groups excluding tert-OH is 1. The van der Waals surface area contributed by atoms with Crippen LogP contribution in [0.5, 0.6) is 0 Å². The maximum Gasteiger partial charge on any atom is 0.277 e. The van der Waals surface area contributed by atoms with Gasteiger partial charge in [-0.15, -0.1) is 0 Å². The number of oxazole rings is 1. The standard InChI is InChI=1S/C18H20F2N4O3S/c1-9-14(22-10(2)27-9)15(26)23-11-4-5-13(19)12(6-11)18(7-25)17(3,20)8-28-16(21)24-18/h4-6,25H,7-8H2,1-3H3,(H2,21,24)(H,23,26)/t17-,18-/m1/s1. The van der Waals surface area contributed by atoms with Crippen LogP contribution in [0.15, 0.2) is 27.6 Å². The largest absolute Gasteiger partial charge is 0.445 e. The Bertz CT molecular complexity index is 960. The Kier molecular flexibility index (Phi) is 5.20. The number of nitrogens with zero attached hydrogens (tertiary/aromatic N) is 2. The van der Waals surface area contributed by atoms with Crippen molar-refractivity contribution in [1.29, 1.82) is 0 Å². The van der Waals surface area contributed by atoms with Crippen LogP contribution < -0.4 is 11.1 Å². The van der Waals surface area contributed by atoms with Gasteiger partial charge in [-0.3, -0.25) is 4.79 Å². The molecule has 0 aliphatic carbocycles. The van der Waals surface area contributed by atoms with Crippen LogP contribution >= 0.6 is 11.8 Å². The van der Waals surface area contributed by atoms with Crippen LogP contribution in [0.25, 0.3) is 0 Å². The summed E-state index contributed by atoms with van der Waals surface area (Å²) in [6.45, 7) is 3.64. The van der Waals surface area contributed by atoms with E-state index in [2.05, 4.69) is 15.3 Å². The number of alkyl halides is 1. The SMILES string of the molecule is Cc1nc(C(=O)Nc2ccc(F)c([C@@]3(CO)N=C(N)SC[C@@]3(C)F)c2)c(C)o1. The number of nitrogens with two attached hydrogens (primary N) is 1. The number of rotatable bonds is 4. The molecule has 0 unspecified atom stereocenters. The van der Waals surface area contributed by atoms with Gasteiger partial charge in [-0.2, -0.15) is 0 Å². The minimum Gasteiger partial charge on any atom is -0.445 e. The van der Waals surface area contributed by atoms with Crippen LogP contribution in [0.4, 0.5) is 14.5 Å². The Morgan fingerprint density at radius 3 is 2.79 bits per heavy atom. The van der Waals surface area contributed by atoms with E-state index >= 15 is 4.39 Å². The Hall–Kier alpha value is -2.46. The third-order valence-electron chi connectivity index (χ3n) is 4.67. The molecule has 1 aliphatic heterocycles. The summed E-state index contributed by atoms with van der Waals surface area (Å²) in [5, 5.41) is 12.6. The third-order valence-corrected chi connectivity index (χ3v) is 5.75. The van der Waals surface area contributed by atoms with Crippen LogP contribution in [-0.4, -0.2) is 39.2 Å². The number of hydrogen-bond donors (Lipinski definition) is 3. The molecule has 2 aromatic rings. The molecule has 1 aromatic heterocycles. The molecule has 0 bridgehead atoms. The van der Waals surface area contributed by atoms with Crippen molar-refractivity contribution in [1.82, 2.24) is 4.98 Å². The predicted octanol–water partition coefficient (Wildman–Crippen LogP) is 2.66. The Labute approximate surface area is 164 Å². The van der Waals surface area contributed by atoms with Crippen LogP contribution in [0.3, 0.4) is 0 Å². The average Bonchev–Trinajstić information content (AvgIpc) is 2.97. The highest BCUT2D eigenvalue weighted by Crippen LogP contribution is 2.46. The molecular formula is C18H20F2N4O3S. The summed E-state index contributed by atoms with van der Waals surface area (Å²) in [6.07, 6.45) is 0. The molecule has 0 saturated carbocycles. The number of amides is 1.